The van der Waals surface area contributed by atoms with Gasteiger partial charge in [0.1, 0.15) is 6.04 Å². The second kappa shape index (κ2) is 9.68. The summed E-state index contributed by atoms with van der Waals surface area (Å²) in [5, 5.41) is 9.35. The highest BCUT2D eigenvalue weighted by atomic mass is 79.9. The van der Waals surface area contributed by atoms with Gasteiger partial charge in [-0.05, 0) is 60.2 Å². The van der Waals surface area contributed by atoms with Crippen molar-refractivity contribution in [2.75, 3.05) is 4.90 Å². The van der Waals surface area contributed by atoms with Gasteiger partial charge in [0.15, 0.2) is 0 Å². The maximum Gasteiger partial charge on any atom is 0.252 e. The Balaban J connectivity index is 1.76. The van der Waals surface area contributed by atoms with Gasteiger partial charge in [-0.1, -0.05) is 45.7 Å². The Morgan fingerprint density at radius 3 is 2.29 bits per heavy atom. The molecule has 1 saturated heterocycles. The van der Waals surface area contributed by atoms with E-state index >= 15 is 0 Å². The van der Waals surface area contributed by atoms with E-state index in [2.05, 4.69) is 15.9 Å². The van der Waals surface area contributed by atoms with Gasteiger partial charge in [-0.3, -0.25) is 9.59 Å². The van der Waals surface area contributed by atoms with Gasteiger partial charge in [-0.2, -0.15) is 9.57 Å². The molecular weight excluding hydrogens is 542 g/mol. The van der Waals surface area contributed by atoms with Crippen molar-refractivity contribution in [2.24, 2.45) is 0 Å². The third kappa shape index (κ3) is 4.63. The van der Waals surface area contributed by atoms with E-state index in [0.29, 0.717) is 20.6 Å². The van der Waals surface area contributed by atoms with Gasteiger partial charge in [-0.25, -0.2) is 13.3 Å². The number of hydrogen-bond acceptors (Lipinski definition) is 5. The molecule has 0 spiro atoms. The molecule has 4 rings (SSSR count). The van der Waals surface area contributed by atoms with Crippen LogP contribution < -0.4 is 4.90 Å². The highest BCUT2D eigenvalue weighted by molar-refractivity contribution is 9.10. The number of carbonyl (C=O) groups excluding carboxylic acids is 2. The lowest BCUT2D eigenvalue weighted by molar-refractivity contribution is -0.122. The van der Waals surface area contributed by atoms with Crippen molar-refractivity contribution in [2.45, 2.75) is 23.9 Å². The zero-order chi connectivity index (χ0) is 24.5. The van der Waals surface area contributed by atoms with Crippen molar-refractivity contribution < 1.29 is 18.0 Å². The SMILES string of the molecule is N#Cc1ccc(N2C(=O)CC(N(Cc3ccccc3Cl)S(=O)(=O)c3ccc(Br)cc3)C2=O)cc1. The molecule has 1 fully saturated rings. The summed E-state index contributed by atoms with van der Waals surface area (Å²) in [5.74, 6) is -1.20. The van der Waals surface area contributed by atoms with E-state index in [0.717, 1.165) is 9.21 Å². The van der Waals surface area contributed by atoms with Gasteiger partial charge in [0.25, 0.3) is 5.91 Å². The van der Waals surface area contributed by atoms with Crippen LogP contribution in [0.3, 0.4) is 0 Å². The van der Waals surface area contributed by atoms with Crippen LogP contribution in [0.1, 0.15) is 17.5 Å². The average Bonchev–Trinajstić information content (AvgIpc) is 3.12. The first-order chi connectivity index (χ1) is 16.2. The second-order valence-corrected chi connectivity index (χ2v) is 10.8. The van der Waals surface area contributed by atoms with Crippen LogP contribution in [0.5, 0.6) is 0 Å². The summed E-state index contributed by atoms with van der Waals surface area (Å²) in [5.41, 5.74) is 1.15. The van der Waals surface area contributed by atoms with Gasteiger partial charge in [0.2, 0.25) is 15.9 Å². The molecule has 34 heavy (non-hydrogen) atoms. The van der Waals surface area contributed by atoms with Gasteiger partial charge in [-0.15, -0.1) is 0 Å². The third-order valence-corrected chi connectivity index (χ3v) is 8.20. The minimum Gasteiger partial charge on any atom is -0.274 e. The topological polar surface area (TPSA) is 98.5 Å². The fourth-order valence-electron chi connectivity index (χ4n) is 3.70. The Morgan fingerprint density at radius 2 is 1.68 bits per heavy atom. The van der Waals surface area contributed by atoms with Crippen molar-refractivity contribution >= 4 is 55.1 Å². The molecule has 0 aromatic heterocycles. The monoisotopic (exact) mass is 557 g/mol. The van der Waals surface area contributed by atoms with Gasteiger partial charge >= 0.3 is 0 Å². The molecule has 1 heterocycles. The number of rotatable bonds is 6. The first kappa shape index (κ1) is 24.1. The van der Waals surface area contributed by atoms with Gasteiger partial charge in [0, 0.05) is 16.0 Å². The van der Waals surface area contributed by atoms with Crippen LogP contribution in [-0.2, 0) is 26.2 Å². The Morgan fingerprint density at radius 1 is 1.03 bits per heavy atom. The molecule has 10 heteroatoms. The lowest BCUT2D eigenvalue weighted by Crippen LogP contribution is -2.45. The molecule has 1 aliphatic heterocycles. The molecule has 0 N–H and O–H groups in total. The molecule has 2 amide bonds. The summed E-state index contributed by atoms with van der Waals surface area (Å²) in [6.07, 6.45) is -0.320. The standard InChI is InChI=1S/C24H17BrClN3O4S/c25-18-7-11-20(12-8-18)34(32,33)28(15-17-3-1-2-4-21(17)26)22-13-23(30)29(24(22)31)19-9-5-16(14-27)6-10-19/h1-12,22H,13,15H2. The molecule has 0 bridgehead atoms. The predicted octanol–water partition coefficient (Wildman–Crippen LogP) is 4.50. The fourth-order valence-corrected chi connectivity index (χ4v) is 5.72. The van der Waals surface area contributed by atoms with E-state index in [1.165, 1.54) is 36.4 Å². The van der Waals surface area contributed by atoms with Crippen molar-refractivity contribution in [1.82, 2.24) is 4.31 Å². The number of nitriles is 1. The van der Waals surface area contributed by atoms with Crippen molar-refractivity contribution in [3.8, 4) is 6.07 Å². The van der Waals surface area contributed by atoms with Crippen molar-refractivity contribution in [3.05, 3.63) is 93.4 Å². The van der Waals surface area contributed by atoms with Crippen LogP contribution in [0, 0.1) is 11.3 Å². The maximum absolute atomic E-state index is 13.7. The highest BCUT2D eigenvalue weighted by Gasteiger charge is 2.47. The van der Waals surface area contributed by atoms with E-state index in [1.807, 2.05) is 6.07 Å². The molecule has 3 aromatic carbocycles. The third-order valence-electron chi connectivity index (χ3n) is 5.43. The van der Waals surface area contributed by atoms with Crippen molar-refractivity contribution in [3.63, 3.8) is 0 Å². The Hall–Kier alpha value is -3.03. The molecule has 1 aliphatic rings. The van der Waals surface area contributed by atoms with Crippen LogP contribution in [0.25, 0.3) is 0 Å². The highest BCUT2D eigenvalue weighted by Crippen LogP contribution is 2.32. The molecule has 172 valence electrons. The summed E-state index contributed by atoms with van der Waals surface area (Å²) < 4.78 is 29.1. The number of hydrogen-bond donors (Lipinski definition) is 0. The zero-order valence-electron chi connectivity index (χ0n) is 17.6. The van der Waals surface area contributed by atoms with E-state index in [4.69, 9.17) is 16.9 Å². The Labute approximate surface area is 210 Å². The number of nitrogens with zero attached hydrogens (tertiary/aromatic N) is 3. The number of imide groups is 1. The van der Waals surface area contributed by atoms with Crippen LogP contribution in [0.15, 0.2) is 82.2 Å². The minimum absolute atomic E-state index is 0.0141. The van der Waals surface area contributed by atoms with Crippen molar-refractivity contribution in [1.29, 1.82) is 5.26 Å². The van der Waals surface area contributed by atoms with Crippen LogP contribution in [0.4, 0.5) is 5.69 Å². The Kier molecular flexibility index (Phi) is 6.86. The summed E-state index contributed by atoms with van der Waals surface area (Å²) >= 11 is 9.58. The molecule has 3 aromatic rings. The van der Waals surface area contributed by atoms with Gasteiger partial charge < -0.3 is 0 Å². The molecule has 1 atom stereocenters. The minimum atomic E-state index is -4.18. The van der Waals surface area contributed by atoms with Crippen LogP contribution in [-0.4, -0.2) is 30.6 Å². The number of sulfonamides is 1. The molecule has 0 aliphatic carbocycles. The smallest absolute Gasteiger partial charge is 0.252 e. The summed E-state index contributed by atoms with van der Waals surface area (Å²) in [7, 11) is -4.18. The molecule has 0 saturated carbocycles. The molecule has 1 unspecified atom stereocenters. The average molecular weight is 559 g/mol. The summed E-state index contributed by atoms with van der Waals surface area (Å²) in [6, 6.07) is 19.4. The maximum atomic E-state index is 13.7. The number of benzene rings is 3. The Bertz CT molecular complexity index is 1400. The van der Waals surface area contributed by atoms with Crippen LogP contribution in [0.2, 0.25) is 5.02 Å². The molecule has 7 nitrogen and oxygen atoms in total. The second-order valence-electron chi connectivity index (χ2n) is 7.54. The van der Waals surface area contributed by atoms with E-state index in [9.17, 15) is 18.0 Å². The normalized spacial score (nSPS) is 16.2. The largest absolute Gasteiger partial charge is 0.274 e. The molecule has 0 radical (unpaired) electrons. The number of amides is 2. The molecular formula is C24H17BrClN3O4S. The number of halogens is 2. The number of anilines is 1. The lowest BCUT2D eigenvalue weighted by Gasteiger charge is -2.27. The first-order valence-corrected chi connectivity index (χ1v) is 12.7. The lowest BCUT2D eigenvalue weighted by atomic mass is 10.2. The fraction of sp³-hybridized carbons (Fsp3) is 0.125. The zero-order valence-corrected chi connectivity index (χ0v) is 20.7. The van der Waals surface area contributed by atoms with E-state index < -0.39 is 27.9 Å². The van der Waals surface area contributed by atoms with E-state index in [-0.39, 0.29) is 23.5 Å². The van der Waals surface area contributed by atoms with Crippen LogP contribution >= 0.6 is 27.5 Å². The van der Waals surface area contributed by atoms with Gasteiger partial charge in [0.05, 0.1) is 28.6 Å². The summed E-state index contributed by atoms with van der Waals surface area (Å²) in [4.78, 5) is 27.2. The first-order valence-electron chi connectivity index (χ1n) is 10.1. The predicted molar refractivity (Wildman–Crippen MR) is 130 cm³/mol. The number of carbonyl (C=O) groups is 2. The van der Waals surface area contributed by atoms with E-state index in [1.54, 1.807) is 36.4 Å². The summed E-state index contributed by atoms with van der Waals surface area (Å²) in [6.45, 7) is -0.192. The quantitative estimate of drug-likeness (QED) is 0.415.